The number of halogens is 3. The molecule has 2 aliphatic heterocycles. The van der Waals surface area contributed by atoms with E-state index in [2.05, 4.69) is 9.80 Å². The Bertz CT molecular complexity index is 1500. The quantitative estimate of drug-likeness (QED) is 0.247. The van der Waals surface area contributed by atoms with Gasteiger partial charge in [-0.25, -0.2) is 0 Å². The van der Waals surface area contributed by atoms with Crippen LogP contribution in [0.4, 0.5) is 24.5 Å². The number of nitrogens with one attached hydrogen (secondary N) is 1. The molecule has 0 spiro atoms. The van der Waals surface area contributed by atoms with E-state index in [9.17, 15) is 38.2 Å². The number of benzene rings is 2. The molecule has 0 saturated carbocycles. The van der Waals surface area contributed by atoms with Gasteiger partial charge in [0, 0.05) is 42.4 Å². The second-order valence-corrected chi connectivity index (χ2v) is 13.5. The monoisotopic (exact) mass is 714 g/mol. The van der Waals surface area contributed by atoms with Crippen molar-refractivity contribution in [2.45, 2.75) is 108 Å². The molecule has 2 aromatic rings. The van der Waals surface area contributed by atoms with Crippen LogP contribution in [0.25, 0.3) is 0 Å². The molecule has 0 unspecified atom stereocenters. The van der Waals surface area contributed by atoms with E-state index >= 15 is 0 Å². The molecule has 0 radical (unpaired) electrons. The number of nitro groups is 2. The minimum absolute atomic E-state index is 0. The van der Waals surface area contributed by atoms with Crippen molar-refractivity contribution in [1.82, 2.24) is 15.1 Å². The van der Waals surface area contributed by atoms with Crippen molar-refractivity contribution in [3.05, 3.63) is 77.9 Å². The Labute approximate surface area is 312 Å². The van der Waals surface area contributed by atoms with Crippen LogP contribution in [0.5, 0.6) is 0 Å². The maximum atomic E-state index is 12.6. The van der Waals surface area contributed by atoms with Crippen LogP contribution in [0.1, 0.15) is 110 Å². The zero-order valence-electron chi connectivity index (χ0n) is 28.7. The Morgan fingerprint density at radius 2 is 1.20 bits per heavy atom. The predicted molar refractivity (Wildman–Crippen MR) is 176 cm³/mol. The first kappa shape index (κ1) is 41.8. The maximum Gasteiger partial charge on any atom is 1.00 e. The average Bonchev–Trinajstić information content (AvgIpc) is 3.05. The first-order valence-corrected chi connectivity index (χ1v) is 17.1. The molecule has 2 aromatic carbocycles. The molecule has 2 fully saturated rings. The van der Waals surface area contributed by atoms with Gasteiger partial charge in [0.1, 0.15) is 0 Å². The Morgan fingerprint density at radius 1 is 0.760 bits per heavy atom. The number of carbonyl (C=O) groups is 1. The van der Waals surface area contributed by atoms with E-state index < -0.39 is 23.0 Å². The van der Waals surface area contributed by atoms with Crippen LogP contribution in [0, 0.1) is 20.2 Å². The number of amides is 1. The molecule has 0 bridgehead atoms. The topological polar surface area (TPSA) is 178 Å². The molecular formula is C34H46F3N6NaO6. The molecule has 2 heterocycles. The van der Waals surface area contributed by atoms with Crippen LogP contribution >= 0.6 is 0 Å². The van der Waals surface area contributed by atoms with Gasteiger partial charge < -0.3 is 16.5 Å². The van der Waals surface area contributed by atoms with Crippen LogP contribution in [0.3, 0.4) is 0 Å². The van der Waals surface area contributed by atoms with Gasteiger partial charge in [0.15, 0.2) is 0 Å². The van der Waals surface area contributed by atoms with Crippen molar-refractivity contribution in [2.75, 3.05) is 26.2 Å². The largest absolute Gasteiger partial charge is 1.00 e. The van der Waals surface area contributed by atoms with Crippen molar-refractivity contribution in [2.24, 2.45) is 5.73 Å². The van der Waals surface area contributed by atoms with E-state index in [0.29, 0.717) is 43.5 Å². The number of hydrogen-bond donors (Lipinski definition) is 2. The van der Waals surface area contributed by atoms with Crippen LogP contribution in [0.2, 0.25) is 0 Å². The molecule has 16 heteroatoms. The summed E-state index contributed by atoms with van der Waals surface area (Å²) < 4.78 is 37.8. The van der Waals surface area contributed by atoms with Gasteiger partial charge >= 0.3 is 41.6 Å². The minimum atomic E-state index is -4.97. The van der Waals surface area contributed by atoms with Gasteiger partial charge in [-0.3, -0.25) is 34.8 Å². The summed E-state index contributed by atoms with van der Waals surface area (Å²) in [5.41, 5.74) is 11.1. The fourth-order valence-electron chi connectivity index (χ4n) is 7.52. The number of nitrogens with zero attached hydrogens (tertiary/aromatic N) is 4. The molecule has 1 amide bonds. The Hall–Kier alpha value is -2.66. The van der Waals surface area contributed by atoms with Gasteiger partial charge in [0.25, 0.3) is 11.4 Å². The molecule has 270 valence electrons. The zero-order chi connectivity index (χ0) is 34.4. The Morgan fingerprint density at radius 3 is 1.66 bits per heavy atom. The van der Waals surface area contributed by atoms with Gasteiger partial charge in [0.05, 0.1) is 15.9 Å². The zero-order valence-corrected chi connectivity index (χ0v) is 30.7. The third-order valence-corrected chi connectivity index (χ3v) is 10.00. The molecule has 50 heavy (non-hydrogen) atoms. The summed E-state index contributed by atoms with van der Waals surface area (Å²) >= 11 is 0. The number of aryl methyl sites for hydroxylation is 2. The van der Waals surface area contributed by atoms with E-state index in [0.717, 1.165) is 81.4 Å². The van der Waals surface area contributed by atoms with E-state index in [1.807, 2.05) is 11.4 Å². The Kier molecular flexibility index (Phi) is 15.6. The average molecular weight is 715 g/mol. The molecular weight excluding hydrogens is 668 g/mol. The third kappa shape index (κ3) is 10.7. The second-order valence-electron chi connectivity index (χ2n) is 13.5. The first-order chi connectivity index (χ1) is 22.9. The van der Waals surface area contributed by atoms with Gasteiger partial charge in [-0.2, -0.15) is 13.2 Å². The molecule has 2 aliphatic carbocycles. The van der Waals surface area contributed by atoms with Crippen molar-refractivity contribution >= 4 is 17.3 Å². The summed E-state index contributed by atoms with van der Waals surface area (Å²) in [5.74, 6) is -2.01. The molecule has 2 saturated heterocycles. The van der Waals surface area contributed by atoms with Gasteiger partial charge in [-0.05, 0) is 125 Å². The smallest absolute Gasteiger partial charge is 0.870 e. The van der Waals surface area contributed by atoms with E-state index in [-0.39, 0.29) is 57.4 Å². The maximum absolute atomic E-state index is 12.6. The number of hydrogen-bond acceptors (Lipinski definition) is 9. The van der Waals surface area contributed by atoms with Gasteiger partial charge in [-0.1, -0.05) is 12.8 Å². The molecule has 4 N–H and O–H groups in total. The van der Waals surface area contributed by atoms with Crippen LogP contribution in [-0.2, 0) is 30.7 Å². The van der Waals surface area contributed by atoms with Gasteiger partial charge in [0.2, 0.25) is 0 Å². The number of nitro benzene ring substituents is 2. The summed E-state index contributed by atoms with van der Waals surface area (Å²) in [4.78, 5) is 38.0. The van der Waals surface area contributed by atoms with E-state index in [4.69, 9.17) is 5.73 Å². The SMILES string of the molecule is N[C@@H]1CCCc2cc(CN3CCCCC3)c([N+](=O)[O-])cc21.O=C(N[C@@H]1CCCc2cc(CN3CCCCC3)c([N+](=O)[O-])cc21)C(F)(F)F.[Na+].[OH-]. The standard InChI is InChI=1S/C18H22F3N3O3.C16H23N3O2.Na.H2O/c19-18(20,21)17(25)22-15-6-4-5-12-9-13(11-23-7-2-1-3-8-23)16(24(26)27)10-14(12)15;17-15-6-4-5-12-9-13(11-18-7-2-1-3-8-18)16(19(20)21)10-14(12)15;;/h9-10,15H,1-8,11H2,(H,22,25);9-10,15H,1-8,11,17H2;;1H2/q;;+1;/p-1/t2*15-;;/m11../s1. The van der Waals surface area contributed by atoms with Crippen LogP contribution in [-0.4, -0.2) is 63.4 Å². The normalized spacial score (nSPS) is 20.8. The van der Waals surface area contributed by atoms with Crippen molar-refractivity contribution in [3.8, 4) is 0 Å². The number of likely N-dealkylation sites (tertiary alicyclic amines) is 2. The number of piperidine rings is 2. The second kappa shape index (κ2) is 18.7. The number of alkyl halides is 3. The van der Waals surface area contributed by atoms with Crippen molar-refractivity contribution < 1.29 is 62.8 Å². The van der Waals surface area contributed by atoms with Crippen LogP contribution < -0.4 is 40.6 Å². The fraction of sp³-hybridized carbons (Fsp3) is 0.618. The number of nitrogens with two attached hydrogens (primary N) is 1. The molecule has 12 nitrogen and oxygen atoms in total. The predicted octanol–water partition coefficient (Wildman–Crippen LogP) is 3.38. The van der Waals surface area contributed by atoms with Crippen molar-refractivity contribution in [3.63, 3.8) is 0 Å². The summed E-state index contributed by atoms with van der Waals surface area (Å²) in [5, 5.41) is 24.9. The van der Waals surface area contributed by atoms with E-state index in [1.54, 1.807) is 12.1 Å². The number of carbonyl (C=O) groups excluding carboxylic acids is 1. The number of rotatable bonds is 7. The molecule has 6 rings (SSSR count). The fourth-order valence-corrected chi connectivity index (χ4v) is 7.52. The van der Waals surface area contributed by atoms with Crippen LogP contribution in [0.15, 0.2) is 24.3 Å². The minimum Gasteiger partial charge on any atom is -0.870 e. The summed E-state index contributed by atoms with van der Waals surface area (Å²) in [6.45, 7) is 5.03. The summed E-state index contributed by atoms with van der Waals surface area (Å²) in [6.07, 6.45) is 6.56. The third-order valence-electron chi connectivity index (χ3n) is 10.00. The van der Waals surface area contributed by atoms with Gasteiger partial charge in [-0.15, -0.1) is 0 Å². The molecule has 0 aromatic heterocycles. The van der Waals surface area contributed by atoms with E-state index in [1.165, 1.54) is 30.9 Å². The molecule has 4 aliphatic rings. The first-order valence-electron chi connectivity index (χ1n) is 17.1. The molecule has 2 atom stereocenters. The Balaban J connectivity index is 0.000000267. The van der Waals surface area contributed by atoms with Crippen molar-refractivity contribution in [1.29, 1.82) is 0 Å². The summed E-state index contributed by atoms with van der Waals surface area (Å²) in [6, 6.07) is 5.98. The number of fused-ring (bicyclic) bond motifs is 2. The summed E-state index contributed by atoms with van der Waals surface area (Å²) in [7, 11) is 0.